The molecule has 2 aromatic carbocycles. The molecule has 0 bridgehead atoms. The molecular formula is C20H16F3N5O2. The molecule has 0 aliphatic rings. The van der Waals surface area contributed by atoms with Crippen molar-refractivity contribution in [1.29, 1.82) is 0 Å². The van der Waals surface area contributed by atoms with Gasteiger partial charge in [-0.2, -0.15) is 18.3 Å². The van der Waals surface area contributed by atoms with E-state index in [1.165, 1.54) is 12.1 Å². The summed E-state index contributed by atoms with van der Waals surface area (Å²) in [4.78, 5) is 16.4. The Morgan fingerprint density at radius 1 is 1.20 bits per heavy atom. The van der Waals surface area contributed by atoms with Crippen molar-refractivity contribution >= 4 is 28.3 Å². The molecule has 7 nitrogen and oxygen atoms in total. The zero-order chi connectivity index (χ0) is 21.5. The molecule has 10 heteroatoms. The summed E-state index contributed by atoms with van der Waals surface area (Å²) in [6.07, 6.45) is -4.89. The number of alkyl halides is 3. The second-order valence-corrected chi connectivity index (χ2v) is 6.45. The number of hydrogen-bond donors (Lipinski definition) is 2. The van der Waals surface area contributed by atoms with E-state index in [0.717, 1.165) is 5.52 Å². The minimum absolute atomic E-state index is 0.256. The lowest BCUT2D eigenvalue weighted by atomic mass is 10.2. The van der Waals surface area contributed by atoms with Gasteiger partial charge in [-0.1, -0.05) is 18.2 Å². The van der Waals surface area contributed by atoms with E-state index in [-0.39, 0.29) is 17.4 Å². The SMILES string of the molecule is CCn1nc(N)c2cc(NC(=O)c3nc(-c4ccccc4)oc3C(F)(F)F)ccc21. The van der Waals surface area contributed by atoms with E-state index in [0.29, 0.717) is 17.5 Å². The number of nitrogens with zero attached hydrogens (tertiary/aromatic N) is 3. The van der Waals surface area contributed by atoms with Crippen LogP contribution in [0, 0.1) is 0 Å². The summed E-state index contributed by atoms with van der Waals surface area (Å²) >= 11 is 0. The number of nitrogen functional groups attached to an aromatic ring is 1. The second-order valence-electron chi connectivity index (χ2n) is 6.45. The molecule has 0 unspecified atom stereocenters. The number of nitrogens with one attached hydrogen (secondary N) is 1. The van der Waals surface area contributed by atoms with E-state index in [1.807, 2.05) is 6.92 Å². The van der Waals surface area contributed by atoms with E-state index < -0.39 is 23.5 Å². The average molecular weight is 415 g/mol. The molecule has 0 aliphatic heterocycles. The largest absolute Gasteiger partial charge is 0.452 e. The van der Waals surface area contributed by atoms with Crippen molar-refractivity contribution in [2.45, 2.75) is 19.6 Å². The van der Waals surface area contributed by atoms with Gasteiger partial charge in [-0.05, 0) is 37.3 Å². The predicted octanol–water partition coefficient (Wildman–Crippen LogP) is 4.56. The van der Waals surface area contributed by atoms with Gasteiger partial charge in [0.1, 0.15) is 0 Å². The Morgan fingerprint density at radius 3 is 2.60 bits per heavy atom. The number of anilines is 2. The molecule has 1 amide bonds. The minimum Gasteiger partial charge on any atom is -0.431 e. The summed E-state index contributed by atoms with van der Waals surface area (Å²) in [6.45, 7) is 2.49. The number of amides is 1. The fraction of sp³-hybridized carbons (Fsp3) is 0.150. The quantitative estimate of drug-likeness (QED) is 0.509. The molecule has 154 valence electrons. The van der Waals surface area contributed by atoms with Crippen LogP contribution in [-0.4, -0.2) is 20.7 Å². The van der Waals surface area contributed by atoms with Crippen molar-refractivity contribution in [3.63, 3.8) is 0 Å². The maximum absolute atomic E-state index is 13.4. The van der Waals surface area contributed by atoms with Crippen molar-refractivity contribution in [2.75, 3.05) is 11.1 Å². The average Bonchev–Trinajstić information content (AvgIpc) is 3.31. The molecule has 3 N–H and O–H groups in total. The molecular weight excluding hydrogens is 399 g/mol. The maximum atomic E-state index is 13.4. The van der Waals surface area contributed by atoms with E-state index >= 15 is 0 Å². The van der Waals surface area contributed by atoms with Crippen molar-refractivity contribution in [1.82, 2.24) is 14.8 Å². The lowest BCUT2D eigenvalue weighted by Crippen LogP contribution is -2.18. The third kappa shape index (κ3) is 3.47. The van der Waals surface area contributed by atoms with Crippen molar-refractivity contribution in [2.24, 2.45) is 0 Å². The minimum atomic E-state index is -4.89. The molecule has 0 radical (unpaired) electrons. The number of rotatable bonds is 4. The number of aromatic nitrogens is 3. The summed E-state index contributed by atoms with van der Waals surface area (Å²) in [5.74, 6) is -2.55. The Morgan fingerprint density at radius 2 is 1.93 bits per heavy atom. The van der Waals surface area contributed by atoms with Crippen LogP contribution in [0.4, 0.5) is 24.7 Å². The molecule has 4 aromatic rings. The molecule has 0 atom stereocenters. The van der Waals surface area contributed by atoms with Crippen LogP contribution in [0.25, 0.3) is 22.4 Å². The Labute approximate surface area is 168 Å². The maximum Gasteiger partial charge on any atom is 0.452 e. The van der Waals surface area contributed by atoms with E-state index in [1.54, 1.807) is 41.1 Å². The van der Waals surface area contributed by atoms with Gasteiger partial charge in [0.05, 0.1) is 5.52 Å². The molecule has 2 aromatic heterocycles. The standard InChI is InChI=1S/C20H16F3N5O2/c1-2-28-14-9-8-12(10-13(14)17(24)27-28)25-18(29)15-16(20(21,22)23)30-19(26-15)11-6-4-3-5-7-11/h3-10H,2H2,1H3,(H2,24,27)(H,25,29). The van der Waals surface area contributed by atoms with Crippen molar-refractivity contribution < 1.29 is 22.4 Å². The van der Waals surface area contributed by atoms with Gasteiger partial charge in [0.25, 0.3) is 5.91 Å². The summed E-state index contributed by atoms with van der Waals surface area (Å²) in [7, 11) is 0. The molecule has 2 heterocycles. The van der Waals surface area contributed by atoms with Crippen LogP contribution in [0.1, 0.15) is 23.2 Å². The smallest absolute Gasteiger partial charge is 0.431 e. The van der Waals surface area contributed by atoms with Crippen LogP contribution < -0.4 is 11.1 Å². The number of benzene rings is 2. The summed E-state index contributed by atoms with van der Waals surface area (Å²) in [5, 5.41) is 7.18. The number of halogens is 3. The number of fused-ring (bicyclic) bond motifs is 1. The number of carbonyl (C=O) groups excluding carboxylic acids is 1. The fourth-order valence-electron chi connectivity index (χ4n) is 3.08. The van der Waals surface area contributed by atoms with Crippen LogP contribution in [-0.2, 0) is 12.7 Å². The van der Waals surface area contributed by atoms with Gasteiger partial charge >= 0.3 is 6.18 Å². The van der Waals surface area contributed by atoms with E-state index in [9.17, 15) is 18.0 Å². The molecule has 30 heavy (non-hydrogen) atoms. The van der Waals surface area contributed by atoms with E-state index in [2.05, 4.69) is 15.4 Å². The number of nitrogens with two attached hydrogens (primary N) is 1. The summed E-state index contributed by atoms with van der Waals surface area (Å²) in [5.41, 5.74) is 6.37. The first-order valence-corrected chi connectivity index (χ1v) is 8.98. The Bertz CT molecular complexity index is 1230. The van der Waals surface area contributed by atoms with Gasteiger partial charge in [0.15, 0.2) is 11.5 Å². The number of aryl methyl sites for hydroxylation is 1. The monoisotopic (exact) mass is 415 g/mol. The zero-order valence-electron chi connectivity index (χ0n) is 15.7. The topological polar surface area (TPSA) is 99.0 Å². The summed E-state index contributed by atoms with van der Waals surface area (Å²) in [6, 6.07) is 12.8. The molecule has 0 saturated heterocycles. The Hall–Kier alpha value is -3.82. The van der Waals surface area contributed by atoms with Gasteiger partial charge in [-0.15, -0.1) is 0 Å². The highest BCUT2D eigenvalue weighted by molar-refractivity contribution is 6.05. The highest BCUT2D eigenvalue weighted by atomic mass is 19.4. The molecule has 0 aliphatic carbocycles. The van der Waals surface area contributed by atoms with Gasteiger partial charge in [0, 0.05) is 23.2 Å². The lowest BCUT2D eigenvalue weighted by molar-refractivity contribution is -0.153. The first-order valence-electron chi connectivity index (χ1n) is 8.98. The first-order chi connectivity index (χ1) is 14.3. The predicted molar refractivity (Wildman–Crippen MR) is 105 cm³/mol. The molecule has 0 spiro atoms. The molecule has 0 saturated carbocycles. The normalized spacial score (nSPS) is 11.7. The fourth-order valence-corrected chi connectivity index (χ4v) is 3.08. The van der Waals surface area contributed by atoms with Crippen molar-refractivity contribution in [3.8, 4) is 11.5 Å². The van der Waals surface area contributed by atoms with Crippen LogP contribution >= 0.6 is 0 Å². The number of oxazole rings is 1. The summed E-state index contributed by atoms with van der Waals surface area (Å²) < 4.78 is 46.9. The molecule has 0 fully saturated rings. The number of carbonyl (C=O) groups is 1. The zero-order valence-corrected chi connectivity index (χ0v) is 15.7. The van der Waals surface area contributed by atoms with Crippen LogP contribution in [0.5, 0.6) is 0 Å². The molecule has 4 rings (SSSR count). The van der Waals surface area contributed by atoms with Crippen LogP contribution in [0.2, 0.25) is 0 Å². The van der Waals surface area contributed by atoms with Gasteiger partial charge < -0.3 is 15.5 Å². The van der Waals surface area contributed by atoms with Crippen LogP contribution in [0.3, 0.4) is 0 Å². The third-order valence-corrected chi connectivity index (χ3v) is 4.46. The Kier molecular flexibility index (Phi) is 4.69. The highest BCUT2D eigenvalue weighted by Crippen LogP contribution is 2.35. The highest BCUT2D eigenvalue weighted by Gasteiger charge is 2.42. The Balaban J connectivity index is 1.70. The third-order valence-electron chi connectivity index (χ3n) is 4.46. The van der Waals surface area contributed by atoms with Crippen molar-refractivity contribution in [3.05, 3.63) is 60.0 Å². The first kappa shape index (κ1) is 19.5. The van der Waals surface area contributed by atoms with Crippen LogP contribution in [0.15, 0.2) is 52.9 Å². The van der Waals surface area contributed by atoms with E-state index in [4.69, 9.17) is 10.2 Å². The second kappa shape index (κ2) is 7.21. The lowest BCUT2D eigenvalue weighted by Gasteiger charge is -2.07. The van der Waals surface area contributed by atoms with Gasteiger partial charge in [-0.3, -0.25) is 9.48 Å². The van der Waals surface area contributed by atoms with Gasteiger partial charge in [0.2, 0.25) is 11.7 Å². The number of hydrogen-bond acceptors (Lipinski definition) is 5. The van der Waals surface area contributed by atoms with Gasteiger partial charge in [-0.25, -0.2) is 4.98 Å².